The summed E-state index contributed by atoms with van der Waals surface area (Å²) in [5, 5.41) is 2.76. The van der Waals surface area contributed by atoms with E-state index in [1.807, 2.05) is 4.90 Å². The van der Waals surface area contributed by atoms with Crippen LogP contribution in [0.5, 0.6) is 0 Å². The zero-order valence-electron chi connectivity index (χ0n) is 18.8. The number of ether oxygens (including phenoxy) is 1. The van der Waals surface area contributed by atoms with Gasteiger partial charge in [-0.1, -0.05) is 0 Å². The molecule has 0 atom stereocenters. The number of nitrogens with zero attached hydrogens (tertiary/aromatic N) is 3. The fraction of sp³-hybridized carbons (Fsp3) is 0.417. The molecule has 0 saturated carbocycles. The van der Waals surface area contributed by atoms with Crippen LogP contribution < -0.4 is 10.2 Å². The molecule has 1 saturated heterocycles. The van der Waals surface area contributed by atoms with Crippen molar-refractivity contribution in [3.05, 3.63) is 59.5 Å². The van der Waals surface area contributed by atoms with Crippen LogP contribution in [0.4, 0.5) is 10.2 Å². The third-order valence-corrected chi connectivity index (χ3v) is 5.39. The first-order valence-electron chi connectivity index (χ1n) is 11.2. The van der Waals surface area contributed by atoms with Crippen LogP contribution in [0, 0.1) is 5.82 Å². The second-order valence-corrected chi connectivity index (χ2v) is 7.71. The van der Waals surface area contributed by atoms with Crippen molar-refractivity contribution in [2.75, 3.05) is 44.2 Å². The minimum Gasteiger partial charge on any atom is -0.462 e. The maximum absolute atomic E-state index is 12.9. The topological polar surface area (TPSA) is 91.8 Å². The van der Waals surface area contributed by atoms with Crippen LogP contribution in [0.3, 0.4) is 0 Å². The maximum Gasteiger partial charge on any atom is 0.339 e. The first-order valence-corrected chi connectivity index (χ1v) is 11.2. The van der Waals surface area contributed by atoms with Gasteiger partial charge in [-0.25, -0.2) is 14.2 Å². The lowest BCUT2D eigenvalue weighted by molar-refractivity contribution is -0.131. The van der Waals surface area contributed by atoms with Gasteiger partial charge in [0.25, 0.3) is 5.91 Å². The summed E-state index contributed by atoms with van der Waals surface area (Å²) in [7, 11) is 0. The van der Waals surface area contributed by atoms with Gasteiger partial charge in [-0.05, 0) is 56.2 Å². The van der Waals surface area contributed by atoms with Gasteiger partial charge in [0, 0.05) is 50.9 Å². The van der Waals surface area contributed by atoms with Gasteiger partial charge >= 0.3 is 5.97 Å². The summed E-state index contributed by atoms with van der Waals surface area (Å²) in [6.07, 6.45) is 3.20. The van der Waals surface area contributed by atoms with E-state index < -0.39 is 11.8 Å². The van der Waals surface area contributed by atoms with E-state index in [1.54, 1.807) is 19.1 Å². The number of halogens is 1. The summed E-state index contributed by atoms with van der Waals surface area (Å²) in [4.78, 5) is 44.8. The third-order valence-electron chi connectivity index (χ3n) is 5.39. The number of nitrogens with one attached hydrogen (secondary N) is 1. The molecule has 2 aromatic rings. The molecule has 2 amide bonds. The Hall–Kier alpha value is -3.49. The molecule has 0 unspecified atom stereocenters. The number of benzene rings is 1. The Kier molecular flexibility index (Phi) is 8.74. The highest BCUT2D eigenvalue weighted by atomic mass is 19.1. The molecule has 1 aromatic carbocycles. The minimum absolute atomic E-state index is 0.0542. The zero-order valence-corrected chi connectivity index (χ0v) is 18.8. The molecule has 2 heterocycles. The van der Waals surface area contributed by atoms with Crippen molar-refractivity contribution >= 4 is 23.6 Å². The summed E-state index contributed by atoms with van der Waals surface area (Å²) in [6, 6.07) is 8.84. The normalized spacial score (nSPS) is 13.9. The van der Waals surface area contributed by atoms with Gasteiger partial charge in [-0.3, -0.25) is 9.59 Å². The molecule has 0 radical (unpaired) electrons. The largest absolute Gasteiger partial charge is 0.462 e. The van der Waals surface area contributed by atoms with Gasteiger partial charge in [0.2, 0.25) is 5.91 Å². The van der Waals surface area contributed by atoms with Crippen molar-refractivity contribution < 1.29 is 23.5 Å². The lowest BCUT2D eigenvalue weighted by atomic mass is 10.2. The molecule has 0 aliphatic carbocycles. The van der Waals surface area contributed by atoms with Crippen molar-refractivity contribution in [1.29, 1.82) is 0 Å². The van der Waals surface area contributed by atoms with Crippen LogP contribution in [0.25, 0.3) is 0 Å². The monoisotopic (exact) mass is 456 g/mol. The van der Waals surface area contributed by atoms with E-state index in [4.69, 9.17) is 4.74 Å². The van der Waals surface area contributed by atoms with Gasteiger partial charge in [-0.2, -0.15) is 0 Å². The Balaban J connectivity index is 1.41. The lowest BCUT2D eigenvalue weighted by Crippen LogP contribution is -2.35. The number of rotatable bonds is 8. The van der Waals surface area contributed by atoms with Crippen molar-refractivity contribution in [3.8, 4) is 0 Å². The maximum atomic E-state index is 12.9. The van der Waals surface area contributed by atoms with Gasteiger partial charge in [0.05, 0.1) is 12.2 Å². The number of hydrogen-bond donors (Lipinski definition) is 1. The van der Waals surface area contributed by atoms with E-state index >= 15 is 0 Å². The van der Waals surface area contributed by atoms with Crippen LogP contribution in [-0.4, -0.2) is 67.0 Å². The molecule has 176 valence electrons. The average Bonchev–Trinajstić information content (AvgIpc) is 3.09. The second-order valence-electron chi connectivity index (χ2n) is 7.71. The number of anilines is 1. The standard InChI is InChI=1S/C24H29FN4O4/c1-2-33-24(32)19-8-11-21(27-17-19)28-13-4-14-29(16-15-28)22(30)5-3-12-26-23(31)18-6-9-20(25)10-7-18/h6-11,17H,2-5,12-16H2,1H3,(H,26,31). The highest BCUT2D eigenvalue weighted by Gasteiger charge is 2.20. The van der Waals surface area contributed by atoms with Crippen LogP contribution in [0.15, 0.2) is 42.6 Å². The quantitative estimate of drug-likeness (QED) is 0.485. The molecular formula is C24H29FN4O4. The van der Waals surface area contributed by atoms with E-state index in [1.165, 1.54) is 30.5 Å². The summed E-state index contributed by atoms with van der Waals surface area (Å²) in [5.74, 6) is -0.246. The number of carbonyl (C=O) groups excluding carboxylic acids is 3. The zero-order chi connectivity index (χ0) is 23.6. The molecule has 1 fully saturated rings. The Bertz CT molecular complexity index is 950. The van der Waals surface area contributed by atoms with E-state index in [0.717, 1.165) is 18.8 Å². The van der Waals surface area contributed by atoms with Crippen LogP contribution in [0.2, 0.25) is 0 Å². The molecule has 1 N–H and O–H groups in total. The van der Waals surface area contributed by atoms with Gasteiger partial charge in [0.1, 0.15) is 11.6 Å². The number of hydrogen-bond acceptors (Lipinski definition) is 6. The second kappa shape index (κ2) is 11.9. The molecule has 33 heavy (non-hydrogen) atoms. The Morgan fingerprint density at radius 3 is 2.48 bits per heavy atom. The van der Waals surface area contributed by atoms with Crippen LogP contribution >= 0.6 is 0 Å². The lowest BCUT2D eigenvalue weighted by Gasteiger charge is -2.23. The van der Waals surface area contributed by atoms with Gasteiger partial charge < -0.3 is 19.9 Å². The van der Waals surface area contributed by atoms with Crippen molar-refractivity contribution in [2.24, 2.45) is 0 Å². The molecule has 1 aromatic heterocycles. The van der Waals surface area contributed by atoms with Gasteiger partial charge in [-0.15, -0.1) is 0 Å². The number of amides is 2. The summed E-state index contributed by atoms with van der Waals surface area (Å²) in [5.41, 5.74) is 0.804. The minimum atomic E-state index is -0.391. The fourth-order valence-electron chi connectivity index (χ4n) is 3.61. The van der Waals surface area contributed by atoms with E-state index in [9.17, 15) is 18.8 Å². The van der Waals surface area contributed by atoms with E-state index in [-0.39, 0.29) is 11.8 Å². The highest BCUT2D eigenvalue weighted by Crippen LogP contribution is 2.15. The highest BCUT2D eigenvalue weighted by molar-refractivity contribution is 5.94. The molecule has 1 aliphatic rings. The Labute approximate surface area is 192 Å². The van der Waals surface area contributed by atoms with Crippen molar-refractivity contribution in [3.63, 3.8) is 0 Å². The summed E-state index contributed by atoms with van der Waals surface area (Å²) < 4.78 is 17.9. The molecule has 1 aliphatic heterocycles. The fourth-order valence-corrected chi connectivity index (χ4v) is 3.61. The smallest absolute Gasteiger partial charge is 0.339 e. The molecule has 0 spiro atoms. The molecular weight excluding hydrogens is 427 g/mol. The van der Waals surface area contributed by atoms with Crippen molar-refractivity contribution in [2.45, 2.75) is 26.2 Å². The summed E-state index contributed by atoms with van der Waals surface area (Å²) >= 11 is 0. The SMILES string of the molecule is CCOC(=O)c1ccc(N2CCCN(C(=O)CCCNC(=O)c3ccc(F)cc3)CC2)nc1. The average molecular weight is 457 g/mol. The van der Waals surface area contributed by atoms with Crippen LogP contribution in [0.1, 0.15) is 46.9 Å². The number of esters is 1. The Morgan fingerprint density at radius 1 is 1.03 bits per heavy atom. The Morgan fingerprint density at radius 2 is 1.79 bits per heavy atom. The van der Waals surface area contributed by atoms with E-state index in [2.05, 4.69) is 15.2 Å². The first-order chi connectivity index (χ1) is 16.0. The van der Waals surface area contributed by atoms with Crippen LogP contribution in [-0.2, 0) is 9.53 Å². The van der Waals surface area contributed by atoms with E-state index in [0.29, 0.717) is 56.8 Å². The van der Waals surface area contributed by atoms with Crippen molar-refractivity contribution in [1.82, 2.24) is 15.2 Å². The van der Waals surface area contributed by atoms with Gasteiger partial charge in [0.15, 0.2) is 0 Å². The summed E-state index contributed by atoms with van der Waals surface area (Å²) in [6.45, 7) is 5.12. The predicted molar refractivity (Wildman–Crippen MR) is 122 cm³/mol. The third kappa shape index (κ3) is 7.00. The number of pyridine rings is 1. The molecule has 8 nitrogen and oxygen atoms in total. The molecule has 0 bridgehead atoms. The number of carbonyl (C=O) groups is 3. The first kappa shape index (κ1) is 24.2. The molecule has 9 heteroatoms. The molecule has 3 rings (SSSR count). The predicted octanol–water partition coefficient (Wildman–Crippen LogP) is 2.65. The number of aromatic nitrogens is 1.